The average molecular weight is 357 g/mol. The highest BCUT2D eigenvalue weighted by molar-refractivity contribution is 14.1. The van der Waals surface area contributed by atoms with Crippen molar-refractivity contribution in [3.05, 3.63) is 19.8 Å². The van der Waals surface area contributed by atoms with Gasteiger partial charge in [0.1, 0.15) is 4.88 Å². The summed E-state index contributed by atoms with van der Waals surface area (Å²) in [6.07, 6.45) is 0. The first-order valence-electron chi connectivity index (χ1n) is 3.00. The summed E-state index contributed by atoms with van der Waals surface area (Å²) in [4.78, 5) is 1.44. The summed E-state index contributed by atoms with van der Waals surface area (Å²) < 4.78 is 6.34. The molecular formula is C6H2BrIN2OS. The van der Waals surface area contributed by atoms with E-state index in [4.69, 9.17) is 4.42 Å². The van der Waals surface area contributed by atoms with Gasteiger partial charge in [-0.05, 0) is 34.0 Å². The van der Waals surface area contributed by atoms with Crippen molar-refractivity contribution in [2.24, 2.45) is 0 Å². The van der Waals surface area contributed by atoms with Crippen molar-refractivity contribution in [3.8, 4) is 10.8 Å². The Kier molecular flexibility index (Phi) is 2.47. The smallest absolute Gasteiger partial charge is 0.285 e. The molecule has 0 unspecified atom stereocenters. The number of hydrogen-bond donors (Lipinski definition) is 0. The van der Waals surface area contributed by atoms with Gasteiger partial charge < -0.3 is 4.42 Å². The SMILES string of the molecule is Brc1nnc(-c2sccc2I)o1. The molecule has 2 aromatic heterocycles. The van der Waals surface area contributed by atoms with Crippen LogP contribution in [0.1, 0.15) is 0 Å². The molecule has 0 radical (unpaired) electrons. The van der Waals surface area contributed by atoms with Crippen LogP contribution in [0.3, 0.4) is 0 Å². The van der Waals surface area contributed by atoms with Crippen LogP contribution in [-0.2, 0) is 0 Å². The monoisotopic (exact) mass is 356 g/mol. The van der Waals surface area contributed by atoms with Gasteiger partial charge in [-0.2, -0.15) is 0 Å². The summed E-state index contributed by atoms with van der Waals surface area (Å²) >= 11 is 6.93. The quantitative estimate of drug-likeness (QED) is 0.737. The number of nitrogens with zero attached hydrogens (tertiary/aromatic N) is 2. The Hall–Kier alpha value is 0.0500. The van der Waals surface area contributed by atoms with E-state index in [1.165, 1.54) is 0 Å². The Morgan fingerprint density at radius 2 is 2.33 bits per heavy atom. The van der Waals surface area contributed by atoms with Crippen molar-refractivity contribution in [1.29, 1.82) is 0 Å². The lowest BCUT2D eigenvalue weighted by molar-refractivity contribution is 0.541. The fourth-order valence-corrected chi connectivity index (χ4v) is 2.72. The number of aromatic nitrogens is 2. The van der Waals surface area contributed by atoms with Crippen LogP contribution in [0.4, 0.5) is 0 Å². The maximum Gasteiger partial charge on any atom is 0.285 e. The van der Waals surface area contributed by atoms with Crippen LogP contribution in [0, 0.1) is 3.57 Å². The maximum absolute atomic E-state index is 5.21. The third-order valence-electron chi connectivity index (χ3n) is 1.21. The van der Waals surface area contributed by atoms with Crippen LogP contribution in [0.2, 0.25) is 0 Å². The summed E-state index contributed by atoms with van der Waals surface area (Å²) in [5.74, 6) is 0.571. The molecule has 0 N–H and O–H groups in total. The summed E-state index contributed by atoms with van der Waals surface area (Å²) in [7, 11) is 0. The van der Waals surface area contributed by atoms with Gasteiger partial charge in [0.25, 0.3) is 10.7 Å². The average Bonchev–Trinajstić information content (AvgIpc) is 2.58. The molecule has 0 aliphatic carbocycles. The highest BCUT2D eigenvalue weighted by Gasteiger charge is 2.10. The van der Waals surface area contributed by atoms with E-state index >= 15 is 0 Å². The van der Waals surface area contributed by atoms with E-state index in [1.54, 1.807) is 11.3 Å². The molecule has 2 rings (SSSR count). The minimum Gasteiger partial charge on any atom is -0.410 e. The fraction of sp³-hybridized carbons (Fsp3) is 0. The van der Waals surface area contributed by atoms with Crippen molar-refractivity contribution in [2.75, 3.05) is 0 Å². The van der Waals surface area contributed by atoms with Crippen molar-refractivity contribution < 1.29 is 4.42 Å². The predicted octanol–water partition coefficient (Wildman–Crippen LogP) is 3.17. The normalized spacial score (nSPS) is 10.5. The van der Waals surface area contributed by atoms with Crippen molar-refractivity contribution in [2.45, 2.75) is 0 Å². The van der Waals surface area contributed by atoms with Gasteiger partial charge in [-0.25, -0.2) is 0 Å². The van der Waals surface area contributed by atoms with Crippen LogP contribution >= 0.6 is 49.9 Å². The number of hydrogen-bond acceptors (Lipinski definition) is 4. The second kappa shape index (κ2) is 3.43. The van der Waals surface area contributed by atoms with E-state index in [1.807, 2.05) is 11.4 Å². The van der Waals surface area contributed by atoms with E-state index in [-0.39, 0.29) is 0 Å². The summed E-state index contributed by atoms with van der Waals surface area (Å²) in [6, 6.07) is 2.01. The molecular weight excluding hydrogens is 355 g/mol. The largest absolute Gasteiger partial charge is 0.410 e. The summed E-state index contributed by atoms with van der Waals surface area (Å²) in [5.41, 5.74) is 0. The second-order valence-electron chi connectivity index (χ2n) is 1.96. The molecule has 0 atom stereocenters. The molecule has 0 aliphatic rings. The van der Waals surface area contributed by atoms with E-state index < -0.39 is 0 Å². The van der Waals surface area contributed by atoms with Crippen LogP contribution in [0.25, 0.3) is 10.8 Å². The molecule has 0 saturated carbocycles. The number of halogens is 2. The zero-order valence-electron chi connectivity index (χ0n) is 5.62. The van der Waals surface area contributed by atoms with Gasteiger partial charge in [0, 0.05) is 19.5 Å². The van der Waals surface area contributed by atoms with Gasteiger partial charge in [0.05, 0.1) is 0 Å². The summed E-state index contributed by atoms with van der Waals surface area (Å²) in [6.45, 7) is 0. The van der Waals surface area contributed by atoms with Gasteiger partial charge in [-0.1, -0.05) is 0 Å². The first kappa shape index (κ1) is 8.64. The third-order valence-corrected chi connectivity index (χ3v) is 3.70. The number of rotatable bonds is 1. The van der Waals surface area contributed by atoms with Crippen LogP contribution in [-0.4, -0.2) is 10.2 Å². The van der Waals surface area contributed by atoms with Gasteiger partial charge in [0.2, 0.25) is 0 Å². The molecule has 12 heavy (non-hydrogen) atoms. The molecule has 2 heterocycles. The molecule has 2 aromatic rings. The van der Waals surface area contributed by atoms with E-state index in [2.05, 4.69) is 48.7 Å². The molecule has 0 aliphatic heterocycles. The van der Waals surface area contributed by atoms with E-state index in [0.29, 0.717) is 10.7 Å². The van der Waals surface area contributed by atoms with Gasteiger partial charge >= 0.3 is 0 Å². The van der Waals surface area contributed by atoms with Crippen molar-refractivity contribution in [3.63, 3.8) is 0 Å². The Morgan fingerprint density at radius 1 is 1.50 bits per heavy atom. The highest BCUT2D eigenvalue weighted by atomic mass is 127. The first-order valence-corrected chi connectivity index (χ1v) is 5.75. The standard InChI is InChI=1S/C6H2BrIN2OS/c7-6-10-9-5(11-6)4-3(8)1-2-12-4/h1-2H. The lowest BCUT2D eigenvalue weighted by Crippen LogP contribution is -1.74. The second-order valence-corrected chi connectivity index (χ2v) is 4.71. The van der Waals surface area contributed by atoms with Crippen LogP contribution < -0.4 is 0 Å². The number of thiophene rings is 1. The van der Waals surface area contributed by atoms with Gasteiger partial charge in [-0.3, -0.25) is 0 Å². The van der Waals surface area contributed by atoms with Crippen LogP contribution in [0.5, 0.6) is 0 Å². The Bertz CT molecular complexity index is 400. The summed E-state index contributed by atoms with van der Waals surface area (Å²) in [5, 5.41) is 9.57. The van der Waals surface area contributed by atoms with Gasteiger partial charge in [-0.15, -0.1) is 21.5 Å². The van der Waals surface area contributed by atoms with E-state index in [9.17, 15) is 0 Å². The first-order chi connectivity index (χ1) is 5.77. The lowest BCUT2D eigenvalue weighted by atomic mass is 10.5. The Balaban J connectivity index is 2.50. The van der Waals surface area contributed by atoms with Crippen molar-refractivity contribution >= 4 is 49.9 Å². The van der Waals surface area contributed by atoms with Gasteiger partial charge in [0.15, 0.2) is 0 Å². The predicted molar refractivity (Wildman–Crippen MR) is 58.0 cm³/mol. The minimum atomic E-state index is 0.418. The molecule has 6 heteroatoms. The molecule has 0 saturated heterocycles. The molecule has 62 valence electrons. The molecule has 0 bridgehead atoms. The zero-order chi connectivity index (χ0) is 8.55. The molecule has 3 nitrogen and oxygen atoms in total. The molecule has 0 fully saturated rings. The van der Waals surface area contributed by atoms with Crippen molar-refractivity contribution in [1.82, 2.24) is 10.2 Å². The molecule has 0 amide bonds. The minimum absolute atomic E-state index is 0.418. The van der Waals surface area contributed by atoms with E-state index in [0.717, 1.165) is 8.45 Å². The molecule has 0 spiro atoms. The Labute approximate surface area is 94.5 Å². The topological polar surface area (TPSA) is 38.9 Å². The fourth-order valence-electron chi connectivity index (χ4n) is 0.743. The van der Waals surface area contributed by atoms with Crippen LogP contribution in [0.15, 0.2) is 20.7 Å². The lowest BCUT2D eigenvalue weighted by Gasteiger charge is -1.87. The highest BCUT2D eigenvalue weighted by Crippen LogP contribution is 2.30. The molecule has 0 aromatic carbocycles. The zero-order valence-corrected chi connectivity index (χ0v) is 10.2. The Morgan fingerprint density at radius 3 is 2.83 bits per heavy atom. The maximum atomic E-state index is 5.21. The third kappa shape index (κ3) is 1.55.